The zero-order valence-electron chi connectivity index (χ0n) is 11.9. The van der Waals surface area contributed by atoms with Crippen molar-refractivity contribution in [3.8, 4) is 0 Å². The molecule has 21 heavy (non-hydrogen) atoms. The number of hydrogen-bond acceptors (Lipinski definition) is 3. The predicted octanol–water partition coefficient (Wildman–Crippen LogP) is 2.15. The molecule has 3 heterocycles. The number of rotatable bonds is 2. The Hall–Kier alpha value is -1.10. The molecule has 2 atom stereocenters. The fourth-order valence-electron chi connectivity index (χ4n) is 3.76. The van der Waals surface area contributed by atoms with E-state index in [1.807, 2.05) is 18.2 Å². The Kier molecular flexibility index (Phi) is 4.20. The fraction of sp³-hybridized carbons (Fsp3) is 0.562. The van der Waals surface area contributed by atoms with Gasteiger partial charge in [0.2, 0.25) is 0 Å². The fourth-order valence-corrected chi connectivity index (χ4v) is 3.76. The van der Waals surface area contributed by atoms with Crippen LogP contribution in [0.25, 0.3) is 0 Å². The standard InChI is InChI=1S/C16H20N2O2.ClH/c19-16(10-1-2-11-8-20-9-12(11)5-10)18-15-6-13-3-4-14(7-15)17-13;/h1-2,5,13-15,17H,3-4,6-9H2,(H,18,19);1H. The van der Waals surface area contributed by atoms with Crippen molar-refractivity contribution in [2.75, 3.05) is 0 Å². The number of halogens is 1. The Morgan fingerprint density at radius 3 is 2.62 bits per heavy atom. The van der Waals surface area contributed by atoms with E-state index in [1.54, 1.807) is 0 Å². The minimum Gasteiger partial charge on any atom is -0.372 e. The minimum absolute atomic E-state index is 0. The van der Waals surface area contributed by atoms with E-state index in [4.69, 9.17) is 4.74 Å². The lowest BCUT2D eigenvalue weighted by molar-refractivity contribution is 0.0924. The van der Waals surface area contributed by atoms with Gasteiger partial charge >= 0.3 is 0 Å². The van der Waals surface area contributed by atoms with Crippen LogP contribution in [0.15, 0.2) is 18.2 Å². The Labute approximate surface area is 131 Å². The molecule has 2 saturated heterocycles. The molecular formula is C16H21ClN2O2. The molecule has 3 aliphatic heterocycles. The molecule has 1 aromatic rings. The molecule has 1 amide bonds. The summed E-state index contributed by atoms with van der Waals surface area (Å²) in [6.07, 6.45) is 4.65. The number of benzene rings is 1. The molecule has 0 saturated carbocycles. The molecule has 4 nitrogen and oxygen atoms in total. The number of nitrogens with one attached hydrogen (secondary N) is 2. The third-order valence-electron chi connectivity index (χ3n) is 4.79. The first-order chi connectivity index (χ1) is 9.78. The third-order valence-corrected chi connectivity index (χ3v) is 4.79. The Bertz CT molecular complexity index is 537. The van der Waals surface area contributed by atoms with Crippen molar-refractivity contribution in [1.29, 1.82) is 0 Å². The highest BCUT2D eigenvalue weighted by atomic mass is 35.5. The van der Waals surface area contributed by atoms with E-state index in [2.05, 4.69) is 10.6 Å². The quantitative estimate of drug-likeness (QED) is 0.880. The first-order valence-corrected chi connectivity index (χ1v) is 7.54. The van der Waals surface area contributed by atoms with Crippen LogP contribution in [0.1, 0.15) is 47.2 Å². The summed E-state index contributed by atoms with van der Waals surface area (Å²) in [5.41, 5.74) is 3.13. The summed E-state index contributed by atoms with van der Waals surface area (Å²) in [6, 6.07) is 7.45. The van der Waals surface area contributed by atoms with Crippen molar-refractivity contribution >= 4 is 18.3 Å². The molecule has 3 aliphatic rings. The molecule has 2 N–H and O–H groups in total. The van der Waals surface area contributed by atoms with E-state index in [-0.39, 0.29) is 18.3 Å². The van der Waals surface area contributed by atoms with E-state index < -0.39 is 0 Å². The Morgan fingerprint density at radius 2 is 1.86 bits per heavy atom. The highest BCUT2D eigenvalue weighted by Gasteiger charge is 2.34. The van der Waals surface area contributed by atoms with Crippen LogP contribution >= 0.6 is 12.4 Å². The van der Waals surface area contributed by atoms with Crippen LogP contribution in [0.2, 0.25) is 0 Å². The smallest absolute Gasteiger partial charge is 0.251 e. The van der Waals surface area contributed by atoms with E-state index in [0.29, 0.717) is 31.3 Å². The molecule has 2 bridgehead atoms. The van der Waals surface area contributed by atoms with E-state index in [1.165, 1.54) is 18.4 Å². The number of piperidine rings is 1. The lowest BCUT2D eigenvalue weighted by Gasteiger charge is -2.29. The number of carbonyl (C=O) groups excluding carboxylic acids is 1. The summed E-state index contributed by atoms with van der Waals surface area (Å²) in [4.78, 5) is 12.4. The van der Waals surface area contributed by atoms with Gasteiger partial charge in [0.05, 0.1) is 13.2 Å². The second-order valence-electron chi connectivity index (χ2n) is 6.26. The van der Waals surface area contributed by atoms with Crippen LogP contribution in [0.3, 0.4) is 0 Å². The Morgan fingerprint density at radius 1 is 1.14 bits per heavy atom. The topological polar surface area (TPSA) is 50.4 Å². The Balaban J connectivity index is 0.00000132. The molecule has 5 heteroatoms. The van der Waals surface area contributed by atoms with Crippen LogP contribution in [-0.2, 0) is 18.0 Å². The van der Waals surface area contributed by atoms with Crippen LogP contribution in [-0.4, -0.2) is 24.0 Å². The molecular weight excluding hydrogens is 288 g/mol. The largest absolute Gasteiger partial charge is 0.372 e. The zero-order valence-corrected chi connectivity index (χ0v) is 12.7. The van der Waals surface area contributed by atoms with Crippen LogP contribution < -0.4 is 10.6 Å². The average Bonchev–Trinajstić information content (AvgIpc) is 3.04. The van der Waals surface area contributed by atoms with E-state index in [9.17, 15) is 4.79 Å². The highest BCUT2D eigenvalue weighted by molar-refractivity contribution is 5.94. The molecule has 114 valence electrons. The van der Waals surface area contributed by atoms with Gasteiger partial charge in [-0.3, -0.25) is 4.79 Å². The van der Waals surface area contributed by atoms with Gasteiger partial charge < -0.3 is 15.4 Å². The zero-order chi connectivity index (χ0) is 13.5. The summed E-state index contributed by atoms with van der Waals surface area (Å²) in [5, 5.41) is 6.81. The number of amides is 1. The lowest BCUT2D eigenvalue weighted by atomic mass is 9.99. The van der Waals surface area contributed by atoms with Crippen molar-refractivity contribution in [1.82, 2.24) is 10.6 Å². The monoisotopic (exact) mass is 308 g/mol. The van der Waals surface area contributed by atoms with Gasteiger partial charge in [0.25, 0.3) is 5.91 Å². The maximum Gasteiger partial charge on any atom is 0.251 e. The van der Waals surface area contributed by atoms with Crippen molar-refractivity contribution in [3.63, 3.8) is 0 Å². The summed E-state index contributed by atoms with van der Waals surface area (Å²) < 4.78 is 5.40. The highest BCUT2D eigenvalue weighted by Crippen LogP contribution is 2.27. The maximum absolute atomic E-state index is 12.4. The van der Waals surface area contributed by atoms with E-state index >= 15 is 0 Å². The number of carbonyl (C=O) groups is 1. The summed E-state index contributed by atoms with van der Waals surface area (Å²) in [6.45, 7) is 1.31. The predicted molar refractivity (Wildman–Crippen MR) is 82.6 cm³/mol. The van der Waals surface area contributed by atoms with Crippen LogP contribution in [0, 0.1) is 0 Å². The SMILES string of the molecule is Cl.O=C(NC1CC2CCC(C1)N2)c1ccc2c(c1)COC2. The molecule has 1 aromatic carbocycles. The minimum atomic E-state index is 0. The van der Waals surface area contributed by atoms with Crippen molar-refractivity contribution in [2.24, 2.45) is 0 Å². The van der Waals surface area contributed by atoms with Gasteiger partial charge in [0, 0.05) is 23.7 Å². The lowest BCUT2D eigenvalue weighted by Crippen LogP contribution is -2.48. The van der Waals surface area contributed by atoms with Crippen molar-refractivity contribution in [2.45, 2.75) is 57.0 Å². The van der Waals surface area contributed by atoms with Crippen LogP contribution in [0.4, 0.5) is 0 Å². The van der Waals surface area contributed by atoms with E-state index in [0.717, 1.165) is 24.0 Å². The van der Waals surface area contributed by atoms with Gasteiger partial charge in [0.1, 0.15) is 0 Å². The average molecular weight is 309 g/mol. The molecule has 0 aromatic heterocycles. The molecule has 4 rings (SSSR count). The summed E-state index contributed by atoms with van der Waals surface area (Å²) >= 11 is 0. The number of fused-ring (bicyclic) bond motifs is 3. The van der Waals surface area contributed by atoms with Gasteiger partial charge in [-0.15, -0.1) is 12.4 Å². The maximum atomic E-state index is 12.4. The molecule has 0 spiro atoms. The van der Waals surface area contributed by atoms with Gasteiger partial charge in [-0.1, -0.05) is 6.07 Å². The van der Waals surface area contributed by atoms with Gasteiger partial charge in [0.15, 0.2) is 0 Å². The first-order valence-electron chi connectivity index (χ1n) is 7.54. The van der Waals surface area contributed by atoms with Crippen molar-refractivity contribution in [3.05, 3.63) is 34.9 Å². The molecule has 0 aliphatic carbocycles. The number of hydrogen-bond donors (Lipinski definition) is 2. The van der Waals surface area contributed by atoms with Gasteiger partial charge in [-0.2, -0.15) is 0 Å². The second-order valence-corrected chi connectivity index (χ2v) is 6.26. The first kappa shape index (κ1) is 14.8. The molecule has 2 fully saturated rings. The summed E-state index contributed by atoms with van der Waals surface area (Å²) in [7, 11) is 0. The van der Waals surface area contributed by atoms with Crippen molar-refractivity contribution < 1.29 is 9.53 Å². The van der Waals surface area contributed by atoms with Gasteiger partial charge in [-0.25, -0.2) is 0 Å². The second kappa shape index (κ2) is 5.95. The number of ether oxygens (including phenoxy) is 1. The molecule has 0 radical (unpaired) electrons. The van der Waals surface area contributed by atoms with Gasteiger partial charge in [-0.05, 0) is 48.9 Å². The summed E-state index contributed by atoms with van der Waals surface area (Å²) in [5.74, 6) is 0.0611. The van der Waals surface area contributed by atoms with Crippen LogP contribution in [0.5, 0.6) is 0 Å². The normalized spacial score (nSPS) is 29.6. The third kappa shape index (κ3) is 2.93. The molecule has 2 unspecified atom stereocenters.